The van der Waals surface area contributed by atoms with Gasteiger partial charge in [-0.2, -0.15) is 0 Å². The molecule has 0 aromatic carbocycles. The number of hydrogen-bond donors (Lipinski definition) is 1. The molecule has 9 heteroatoms. The Kier molecular flexibility index (Phi) is 91600. The van der Waals surface area contributed by atoms with Crippen molar-refractivity contribution in [2.75, 3.05) is 0 Å². The normalized spacial score (nSPS) is 1.57. The molecule has 8 nitrogen and oxygen atoms in total. The van der Waals surface area contributed by atoms with Gasteiger partial charge < -0.3 is 5.21 Å². The second-order valence-electron chi connectivity index (χ2n) is 0.0816. The molecule has 1 radical (unpaired) electrons. The van der Waals surface area contributed by atoms with Crippen LogP contribution in [0.15, 0.2) is 5.34 Å². The van der Waals surface area contributed by atoms with E-state index in [2.05, 4.69) is 33.3 Å². The van der Waals surface area contributed by atoms with Crippen LogP contribution in [0, 0.1) is 38.2 Å². The maximum atomic E-state index is 8.11. The molecule has 0 rings (SSSR count). The average Bonchev–Trinajstić information content (AvgIpc) is 2.32. The Morgan fingerprint density at radius 3 is 0.714 bits per heavy atom. The van der Waals surface area contributed by atoms with Crippen molar-refractivity contribution in [1.29, 1.82) is 0 Å². The first-order valence-electron chi connectivity index (χ1n) is 1.40. The Morgan fingerprint density at radius 1 is 0.714 bits per heavy atom. The van der Waals surface area contributed by atoms with Gasteiger partial charge in [-0.25, -0.2) is 0 Å². The van der Waals surface area contributed by atoms with Crippen LogP contribution in [0.3, 0.4) is 0 Å². The van der Waals surface area contributed by atoms with Gasteiger partial charge in [0.1, 0.15) is 0 Å². The number of rotatable bonds is 0. The van der Waals surface area contributed by atoms with E-state index in [1.165, 1.54) is 5.34 Å². The van der Waals surface area contributed by atoms with Gasteiger partial charge >= 0.3 is 56.5 Å². The van der Waals surface area contributed by atoms with Crippen molar-refractivity contribution in [2.45, 2.75) is 0 Å². The summed E-state index contributed by atoms with van der Waals surface area (Å²) < 4.78 is 37.5. The van der Waals surface area contributed by atoms with Gasteiger partial charge in [-0.3, -0.25) is 0 Å². The monoisotopic (exact) mass is 374 g/mol. The zero-order valence-corrected chi connectivity index (χ0v) is 8.94. The van der Waals surface area contributed by atoms with Crippen LogP contribution in [0.25, 0.3) is 0 Å². The molecule has 0 atom stereocenters. The molecule has 0 saturated carbocycles. The summed E-state index contributed by atoms with van der Waals surface area (Å²) in [7, 11) is 0. The molecule has 0 saturated heterocycles. The maximum absolute atomic E-state index is 8.11. The Hall–Kier alpha value is -1.24. The van der Waals surface area contributed by atoms with E-state index in [0.29, 0.717) is 0 Å². The Labute approximate surface area is 92.9 Å². The molecular weight excluding hydrogens is 372 g/mol. The smallest absolute Gasteiger partial charge is 0 e. The topological polar surface area (TPSA) is 149 Å². The fourth-order valence-corrected chi connectivity index (χ4v) is 0. The minimum atomic E-state index is 0. The fraction of sp³-hybridized carbons (Fsp3) is 0. The molecule has 0 unspecified atom stereocenters. The van der Waals surface area contributed by atoms with Crippen molar-refractivity contribution in [3.05, 3.63) is 38.2 Å². The summed E-state index contributed by atoms with van der Waals surface area (Å²) in [6.45, 7) is 22.5. The van der Waals surface area contributed by atoms with E-state index in [-0.39, 0.29) is 20.4 Å². The zero-order chi connectivity index (χ0) is 12.7. The molecule has 0 aromatic rings. The molecule has 0 aromatic heterocycles. The third-order valence-electron chi connectivity index (χ3n) is 0. The fourth-order valence-electron chi connectivity index (χ4n) is 0. The first-order chi connectivity index (χ1) is 6.41. The second kappa shape index (κ2) is 24100. The Balaban J connectivity index is -0.00000000838. The van der Waals surface area contributed by atoms with Gasteiger partial charge in [-0.1, -0.05) is 0 Å². The standard InChI is InChI=1S/5CO.HNO2.Re/c5*1-2;2-1-3;/h;;;;;(H,2,3);. The molecule has 0 fully saturated rings. The van der Waals surface area contributed by atoms with Gasteiger partial charge in [-0.15, -0.1) is 4.91 Å². The largest absolute Gasteiger partial charge is 0 e. The summed E-state index contributed by atoms with van der Waals surface area (Å²) in [6.07, 6.45) is 0. The van der Waals surface area contributed by atoms with E-state index in [1.54, 1.807) is 0 Å². The number of hydrogen-bond acceptors (Lipinski definition) is 2. The summed E-state index contributed by atoms with van der Waals surface area (Å²) in [4.78, 5) is 8.11. The molecule has 0 aliphatic rings. The summed E-state index contributed by atoms with van der Waals surface area (Å²) in [6, 6.07) is 0. The minimum absolute atomic E-state index is 0. The van der Waals surface area contributed by atoms with Crippen LogP contribution < -0.4 is 0 Å². The third-order valence-corrected chi connectivity index (χ3v) is 0. The molecule has 0 aliphatic heterocycles. The molecule has 0 bridgehead atoms. The van der Waals surface area contributed by atoms with Gasteiger partial charge in [0.05, 0.1) is 0 Å². The predicted molar refractivity (Wildman–Crippen MR) is 27.2 cm³/mol. The van der Waals surface area contributed by atoms with Gasteiger partial charge in [0, 0.05) is 20.4 Å². The summed E-state index contributed by atoms with van der Waals surface area (Å²) >= 11 is 0. The molecule has 75 valence electrons. The molecule has 14 heavy (non-hydrogen) atoms. The maximum Gasteiger partial charge on any atom is 0 e. The van der Waals surface area contributed by atoms with Gasteiger partial charge in [-0.05, 0) is 0 Å². The van der Waals surface area contributed by atoms with Crippen molar-refractivity contribution < 1.29 is 48.9 Å². The minimum Gasteiger partial charge on any atom is 0 e. The first-order valence-corrected chi connectivity index (χ1v) is 1.40. The summed E-state index contributed by atoms with van der Waals surface area (Å²) in [5.74, 6) is 0. The van der Waals surface area contributed by atoms with E-state index in [4.69, 9.17) is 33.4 Å². The summed E-state index contributed by atoms with van der Waals surface area (Å²) in [5, 5.41) is 7.89. The van der Waals surface area contributed by atoms with Crippen LogP contribution in [-0.4, -0.2) is 5.21 Å². The van der Waals surface area contributed by atoms with Crippen LogP contribution in [-0.2, 0) is 43.7 Å². The van der Waals surface area contributed by atoms with Crippen molar-refractivity contribution >= 4 is 0 Å². The average molecular weight is 373 g/mol. The quantitative estimate of drug-likeness (QED) is 0.274. The van der Waals surface area contributed by atoms with Crippen LogP contribution >= 0.6 is 0 Å². The van der Waals surface area contributed by atoms with E-state index >= 15 is 0 Å². The second-order valence-corrected chi connectivity index (χ2v) is 0.0816. The number of nitrogens with zero attached hydrogens (tertiary/aromatic N) is 1. The van der Waals surface area contributed by atoms with Crippen LogP contribution in [0.4, 0.5) is 0 Å². The molecule has 0 spiro atoms. The SMILES string of the molecule is O=NO.[C-]#[O+].[C-]#[O+].[C-]#[O+].[C-]#[O+].[C-]#[O+].[Re]. The van der Waals surface area contributed by atoms with E-state index < -0.39 is 0 Å². The Morgan fingerprint density at radius 2 is 0.714 bits per heavy atom. The molecule has 1 N–H and O–H groups in total. The van der Waals surface area contributed by atoms with Gasteiger partial charge in [0.15, 0.2) is 5.34 Å². The van der Waals surface area contributed by atoms with Crippen molar-refractivity contribution in [1.82, 2.24) is 0 Å². The van der Waals surface area contributed by atoms with E-state index in [9.17, 15) is 0 Å². The van der Waals surface area contributed by atoms with E-state index in [1.807, 2.05) is 0 Å². The molecule has 0 aliphatic carbocycles. The summed E-state index contributed by atoms with van der Waals surface area (Å²) in [5.41, 5.74) is 0. The van der Waals surface area contributed by atoms with Crippen molar-refractivity contribution in [3.8, 4) is 0 Å². The van der Waals surface area contributed by atoms with Crippen LogP contribution in [0.2, 0.25) is 0 Å². The van der Waals surface area contributed by atoms with Gasteiger partial charge in [0.25, 0.3) is 0 Å². The Bertz CT molecular complexity index is 112. The zero-order valence-electron chi connectivity index (χ0n) is 6.22. The predicted octanol–water partition coefficient (Wildman–Crippen LogP) is -0.0480. The first kappa shape index (κ1) is 53.2. The molecule has 0 heterocycles. The molecular formula is C5HNO7Re. The van der Waals surface area contributed by atoms with E-state index in [0.717, 1.165) is 0 Å². The molecule has 0 amide bonds. The van der Waals surface area contributed by atoms with Crippen molar-refractivity contribution in [3.63, 3.8) is 0 Å². The third kappa shape index (κ3) is 670. The van der Waals surface area contributed by atoms with Gasteiger partial charge in [0.2, 0.25) is 0 Å². The van der Waals surface area contributed by atoms with Crippen LogP contribution in [0.1, 0.15) is 0 Å². The van der Waals surface area contributed by atoms with Crippen LogP contribution in [0.5, 0.6) is 0 Å². The van der Waals surface area contributed by atoms with Crippen molar-refractivity contribution in [2.24, 2.45) is 5.34 Å².